The van der Waals surface area contributed by atoms with Gasteiger partial charge in [-0.25, -0.2) is 4.98 Å². The molecular formula is C12H18N2OS2. The molecule has 17 heavy (non-hydrogen) atoms. The molecule has 1 saturated heterocycles. The number of carbonyl (C=O) groups is 1. The Bertz CT molecular complexity index is 370. The number of rotatable bonds is 3. The summed E-state index contributed by atoms with van der Waals surface area (Å²) in [7, 11) is 0. The Morgan fingerprint density at radius 3 is 2.71 bits per heavy atom. The first-order valence-corrected chi connectivity index (χ1v) is 7.95. The van der Waals surface area contributed by atoms with E-state index in [1.54, 1.807) is 23.1 Å². The van der Waals surface area contributed by atoms with E-state index >= 15 is 0 Å². The summed E-state index contributed by atoms with van der Waals surface area (Å²) in [5.74, 6) is 0.803. The van der Waals surface area contributed by atoms with Gasteiger partial charge in [0.2, 0.25) is 5.91 Å². The standard InChI is InChI=1S/C12H18N2OS2/c1-10-8-16-12(13-10)17-9-11(15)14-6-4-2-3-5-7-14/h8H,2-7,9H2,1H3. The summed E-state index contributed by atoms with van der Waals surface area (Å²) in [5.41, 5.74) is 1.04. The molecule has 0 unspecified atom stereocenters. The van der Waals surface area contributed by atoms with Gasteiger partial charge in [-0.05, 0) is 19.8 Å². The van der Waals surface area contributed by atoms with Crippen LogP contribution in [0.2, 0.25) is 0 Å². The molecule has 0 atom stereocenters. The first-order chi connectivity index (χ1) is 8.25. The van der Waals surface area contributed by atoms with Crippen LogP contribution in [0.4, 0.5) is 0 Å². The third kappa shape index (κ3) is 4.00. The molecule has 0 aromatic carbocycles. The number of carbonyl (C=O) groups excluding carboxylic acids is 1. The van der Waals surface area contributed by atoms with E-state index in [1.165, 1.54) is 12.8 Å². The Morgan fingerprint density at radius 1 is 1.41 bits per heavy atom. The molecule has 94 valence electrons. The van der Waals surface area contributed by atoms with Gasteiger partial charge in [-0.15, -0.1) is 11.3 Å². The van der Waals surface area contributed by atoms with Gasteiger partial charge in [-0.3, -0.25) is 4.79 Å². The summed E-state index contributed by atoms with van der Waals surface area (Å²) >= 11 is 3.19. The van der Waals surface area contributed by atoms with E-state index in [0.717, 1.165) is 36.0 Å². The van der Waals surface area contributed by atoms with Gasteiger partial charge in [0.1, 0.15) is 0 Å². The summed E-state index contributed by atoms with van der Waals surface area (Å²) in [6.07, 6.45) is 4.85. The first kappa shape index (κ1) is 12.9. The van der Waals surface area contributed by atoms with Crippen LogP contribution < -0.4 is 0 Å². The molecule has 5 heteroatoms. The maximum atomic E-state index is 12.0. The van der Waals surface area contributed by atoms with Gasteiger partial charge in [0.25, 0.3) is 0 Å². The number of thiazole rings is 1. The predicted molar refractivity (Wildman–Crippen MR) is 72.6 cm³/mol. The van der Waals surface area contributed by atoms with Gasteiger partial charge in [0, 0.05) is 24.2 Å². The minimum absolute atomic E-state index is 0.268. The fraction of sp³-hybridized carbons (Fsp3) is 0.667. The minimum Gasteiger partial charge on any atom is -0.342 e. The summed E-state index contributed by atoms with van der Waals surface area (Å²) in [6.45, 7) is 3.86. The monoisotopic (exact) mass is 270 g/mol. The number of nitrogens with zero attached hydrogens (tertiary/aromatic N) is 2. The van der Waals surface area contributed by atoms with Gasteiger partial charge in [0.15, 0.2) is 4.34 Å². The Balaban J connectivity index is 1.79. The Kier molecular flexibility index (Phi) is 4.86. The van der Waals surface area contributed by atoms with Crippen molar-refractivity contribution in [2.75, 3.05) is 18.8 Å². The second-order valence-electron chi connectivity index (χ2n) is 4.34. The lowest BCUT2D eigenvalue weighted by molar-refractivity contribution is -0.128. The van der Waals surface area contributed by atoms with Crippen molar-refractivity contribution in [2.45, 2.75) is 36.9 Å². The van der Waals surface area contributed by atoms with E-state index in [9.17, 15) is 4.79 Å². The number of hydrogen-bond acceptors (Lipinski definition) is 4. The zero-order chi connectivity index (χ0) is 12.1. The molecular weight excluding hydrogens is 252 g/mol. The fourth-order valence-corrected chi connectivity index (χ4v) is 3.69. The number of thioether (sulfide) groups is 1. The maximum Gasteiger partial charge on any atom is 0.233 e. The van der Waals surface area contributed by atoms with E-state index in [0.29, 0.717) is 5.75 Å². The molecule has 0 N–H and O–H groups in total. The molecule has 3 nitrogen and oxygen atoms in total. The fourth-order valence-electron chi connectivity index (χ4n) is 1.93. The molecule has 0 saturated carbocycles. The third-order valence-corrected chi connectivity index (χ3v) is 5.00. The lowest BCUT2D eigenvalue weighted by atomic mass is 10.2. The number of aromatic nitrogens is 1. The number of hydrogen-bond donors (Lipinski definition) is 0. The van der Waals surface area contributed by atoms with Crippen molar-refractivity contribution in [3.05, 3.63) is 11.1 Å². The van der Waals surface area contributed by atoms with Gasteiger partial charge in [-0.2, -0.15) is 0 Å². The van der Waals surface area contributed by atoms with Crippen LogP contribution in [0.5, 0.6) is 0 Å². The highest BCUT2D eigenvalue weighted by Crippen LogP contribution is 2.23. The van der Waals surface area contributed by atoms with Gasteiger partial charge >= 0.3 is 0 Å². The highest BCUT2D eigenvalue weighted by atomic mass is 32.2. The van der Waals surface area contributed by atoms with Crippen LogP contribution in [0.1, 0.15) is 31.4 Å². The van der Waals surface area contributed by atoms with Crippen molar-refractivity contribution in [3.63, 3.8) is 0 Å². The molecule has 1 amide bonds. The Morgan fingerprint density at radius 2 is 2.12 bits per heavy atom. The van der Waals surface area contributed by atoms with Crippen LogP contribution in [0.3, 0.4) is 0 Å². The summed E-state index contributed by atoms with van der Waals surface area (Å²) in [4.78, 5) is 18.4. The SMILES string of the molecule is Cc1csc(SCC(=O)N2CCCCCC2)n1. The molecule has 1 aromatic rings. The van der Waals surface area contributed by atoms with Crippen LogP contribution in [0.25, 0.3) is 0 Å². The lowest BCUT2D eigenvalue weighted by Crippen LogP contribution is -2.33. The quantitative estimate of drug-likeness (QED) is 0.792. The topological polar surface area (TPSA) is 33.2 Å². The average molecular weight is 270 g/mol. The van der Waals surface area contributed by atoms with Crippen molar-refractivity contribution in [3.8, 4) is 0 Å². The molecule has 0 spiro atoms. The van der Waals surface area contributed by atoms with Crippen LogP contribution in [-0.2, 0) is 4.79 Å². The Hall–Kier alpha value is -0.550. The van der Waals surface area contributed by atoms with Crippen LogP contribution in [0.15, 0.2) is 9.72 Å². The van der Waals surface area contributed by atoms with Gasteiger partial charge in [0.05, 0.1) is 5.75 Å². The van der Waals surface area contributed by atoms with Gasteiger partial charge in [-0.1, -0.05) is 24.6 Å². The first-order valence-electron chi connectivity index (χ1n) is 6.08. The second kappa shape index (κ2) is 6.40. The second-order valence-corrected chi connectivity index (χ2v) is 6.42. The molecule has 1 fully saturated rings. The highest BCUT2D eigenvalue weighted by Gasteiger charge is 2.15. The number of aryl methyl sites for hydroxylation is 1. The molecule has 0 aliphatic carbocycles. The van der Waals surface area contributed by atoms with Crippen LogP contribution >= 0.6 is 23.1 Å². The molecule has 1 aliphatic rings. The van der Waals surface area contributed by atoms with E-state index in [-0.39, 0.29) is 5.91 Å². The molecule has 1 aromatic heterocycles. The van der Waals surface area contributed by atoms with E-state index < -0.39 is 0 Å². The largest absolute Gasteiger partial charge is 0.342 e. The van der Waals surface area contributed by atoms with Crippen LogP contribution in [0, 0.1) is 6.92 Å². The third-order valence-electron chi connectivity index (χ3n) is 2.88. The van der Waals surface area contributed by atoms with E-state index in [2.05, 4.69) is 4.98 Å². The van der Waals surface area contributed by atoms with Crippen molar-refractivity contribution >= 4 is 29.0 Å². The van der Waals surface area contributed by atoms with Crippen molar-refractivity contribution < 1.29 is 4.79 Å². The molecule has 0 radical (unpaired) electrons. The zero-order valence-electron chi connectivity index (χ0n) is 10.1. The predicted octanol–water partition coefficient (Wildman–Crippen LogP) is 2.95. The molecule has 2 heterocycles. The smallest absolute Gasteiger partial charge is 0.233 e. The Labute approximate surface area is 111 Å². The van der Waals surface area contributed by atoms with E-state index in [1.807, 2.05) is 17.2 Å². The molecule has 1 aliphatic heterocycles. The average Bonchev–Trinajstić information content (AvgIpc) is 2.58. The van der Waals surface area contributed by atoms with Gasteiger partial charge < -0.3 is 4.90 Å². The zero-order valence-corrected chi connectivity index (χ0v) is 11.8. The van der Waals surface area contributed by atoms with Crippen molar-refractivity contribution in [2.24, 2.45) is 0 Å². The summed E-state index contributed by atoms with van der Waals surface area (Å²) < 4.78 is 1.01. The van der Waals surface area contributed by atoms with Crippen LogP contribution in [-0.4, -0.2) is 34.6 Å². The number of amides is 1. The minimum atomic E-state index is 0.268. The molecule has 2 rings (SSSR count). The summed E-state index contributed by atoms with van der Waals surface area (Å²) in [5, 5.41) is 2.03. The molecule has 0 bridgehead atoms. The van der Waals surface area contributed by atoms with Crippen molar-refractivity contribution in [1.29, 1.82) is 0 Å². The summed E-state index contributed by atoms with van der Waals surface area (Å²) in [6, 6.07) is 0. The lowest BCUT2D eigenvalue weighted by Gasteiger charge is -2.19. The maximum absolute atomic E-state index is 12.0. The van der Waals surface area contributed by atoms with Crippen molar-refractivity contribution in [1.82, 2.24) is 9.88 Å². The highest BCUT2D eigenvalue weighted by molar-refractivity contribution is 8.01. The normalized spacial score (nSPS) is 16.9. The number of likely N-dealkylation sites (tertiary alicyclic amines) is 1. The van der Waals surface area contributed by atoms with E-state index in [4.69, 9.17) is 0 Å².